The van der Waals surface area contributed by atoms with E-state index in [1.807, 2.05) is 4.72 Å². The van der Waals surface area contributed by atoms with Crippen molar-refractivity contribution in [3.05, 3.63) is 65.9 Å². The van der Waals surface area contributed by atoms with Crippen LogP contribution in [-0.2, 0) is 26.0 Å². The Hall–Kier alpha value is -3.94. The average Bonchev–Trinajstić information content (AvgIpc) is 3.78. The summed E-state index contributed by atoms with van der Waals surface area (Å²) in [6.07, 6.45) is 1.96. The quantitative estimate of drug-likeness (QED) is 0.189. The number of anilines is 3. The Morgan fingerprint density at radius 2 is 1.59 bits per heavy atom. The predicted octanol–water partition coefficient (Wildman–Crippen LogP) is 6.17. The lowest BCUT2D eigenvalue weighted by molar-refractivity contribution is -0.140. The number of benzene rings is 2. The molecule has 286 valence electrons. The lowest BCUT2D eigenvalue weighted by Gasteiger charge is -2.53. The molecule has 5 aliphatic rings. The van der Waals surface area contributed by atoms with E-state index >= 15 is 4.39 Å². The Labute approximate surface area is 312 Å². The molecule has 3 aliphatic heterocycles. The van der Waals surface area contributed by atoms with Crippen molar-refractivity contribution in [3.8, 4) is 21.8 Å². The Morgan fingerprint density at radius 1 is 0.907 bits per heavy atom. The van der Waals surface area contributed by atoms with E-state index in [9.17, 15) is 34.4 Å². The third-order valence-electron chi connectivity index (χ3n) is 11.1. The van der Waals surface area contributed by atoms with Gasteiger partial charge in [0, 0.05) is 54.4 Å². The molecule has 4 aromatic rings. The van der Waals surface area contributed by atoms with Gasteiger partial charge in [-0.3, -0.25) is 9.62 Å². The number of halogens is 5. The number of aromatic nitrogens is 3. The lowest BCUT2D eigenvalue weighted by Crippen LogP contribution is -2.60. The van der Waals surface area contributed by atoms with E-state index < -0.39 is 53.8 Å². The summed E-state index contributed by atoms with van der Waals surface area (Å²) >= 11 is 1.31. The molecule has 2 aromatic heterocycles. The number of likely N-dealkylation sites (tertiary alicyclic amines) is 1. The number of sulfone groups is 1. The largest absolute Gasteiger partial charge is 0.417 e. The number of fused-ring (bicyclic) bond motifs is 2. The van der Waals surface area contributed by atoms with Crippen LogP contribution in [0, 0.1) is 17.0 Å². The molecule has 2 atom stereocenters. The zero-order valence-electron chi connectivity index (χ0n) is 28.5. The Kier molecular flexibility index (Phi) is 8.30. The standard InChI is InChI=1S/C35H34F5N7O4S3/c36-25-5-2-4-24(35(38,39)40)31(25)54(50,51)45-26-6-1-3-23(28(26)37)29-30(52-33(44-29)47-21-9-10-22(47)16-46(15-21)20-7-8-20)27-11-12-41-32(43-27)42-19-13-34(14-19)17-53(48,49)18-34/h1-6,11-12,19-22,45H,7-10,13-18H2,(H,41,42,43). The minimum atomic E-state index is -5.27. The number of rotatable bonds is 9. The minimum absolute atomic E-state index is 0.0277. The summed E-state index contributed by atoms with van der Waals surface area (Å²) in [5.41, 5.74) is -2.21. The van der Waals surface area contributed by atoms with Crippen molar-refractivity contribution >= 4 is 48.0 Å². The lowest BCUT2D eigenvalue weighted by atomic mass is 9.67. The van der Waals surface area contributed by atoms with Crippen LogP contribution in [0.1, 0.15) is 44.1 Å². The van der Waals surface area contributed by atoms with E-state index in [1.54, 1.807) is 12.3 Å². The van der Waals surface area contributed by atoms with Crippen LogP contribution < -0.4 is 14.9 Å². The third-order valence-corrected chi connectivity index (χ3v) is 15.7. The number of nitrogens with zero attached hydrogens (tertiary/aromatic N) is 5. The molecule has 2 aromatic carbocycles. The van der Waals surface area contributed by atoms with Gasteiger partial charge in [-0.1, -0.05) is 23.5 Å². The molecule has 5 heterocycles. The molecule has 0 amide bonds. The first kappa shape index (κ1) is 35.7. The zero-order valence-corrected chi connectivity index (χ0v) is 30.9. The van der Waals surface area contributed by atoms with Crippen LogP contribution in [0.25, 0.3) is 21.8 Å². The van der Waals surface area contributed by atoms with Gasteiger partial charge in [0.1, 0.15) is 10.7 Å². The molecule has 1 spiro atoms. The summed E-state index contributed by atoms with van der Waals surface area (Å²) in [6, 6.07) is 8.13. The van der Waals surface area contributed by atoms with Crippen molar-refractivity contribution in [2.24, 2.45) is 5.41 Å². The molecule has 19 heteroatoms. The average molecular weight is 808 g/mol. The molecule has 11 nitrogen and oxygen atoms in total. The maximum Gasteiger partial charge on any atom is 0.417 e. The van der Waals surface area contributed by atoms with Crippen LogP contribution in [0.3, 0.4) is 0 Å². The third kappa shape index (κ3) is 6.39. The van der Waals surface area contributed by atoms with E-state index in [1.165, 1.54) is 36.3 Å². The highest BCUT2D eigenvalue weighted by Gasteiger charge is 2.56. The van der Waals surface area contributed by atoms with Gasteiger partial charge in [-0.05, 0) is 68.9 Å². The second-order valence-electron chi connectivity index (χ2n) is 15.1. The number of sulfonamides is 1. The van der Waals surface area contributed by atoms with Gasteiger partial charge in [-0.25, -0.2) is 40.6 Å². The number of piperazine rings is 1. The van der Waals surface area contributed by atoms with Crippen molar-refractivity contribution < 1.29 is 38.8 Å². The topological polar surface area (TPSA) is 137 Å². The summed E-state index contributed by atoms with van der Waals surface area (Å²) in [6.45, 7) is 1.75. The minimum Gasteiger partial charge on any atom is -0.351 e. The number of hydrogen-bond acceptors (Lipinski definition) is 11. The maximum atomic E-state index is 16.6. The monoisotopic (exact) mass is 807 g/mol. The Bertz CT molecular complexity index is 2360. The number of alkyl halides is 3. The van der Waals surface area contributed by atoms with Crippen LogP contribution >= 0.6 is 11.3 Å². The fourth-order valence-corrected chi connectivity index (χ4v) is 13.5. The summed E-state index contributed by atoms with van der Waals surface area (Å²) in [4.78, 5) is 17.7. The number of thiazole rings is 1. The highest BCUT2D eigenvalue weighted by Crippen LogP contribution is 2.51. The molecule has 54 heavy (non-hydrogen) atoms. The predicted molar refractivity (Wildman–Crippen MR) is 192 cm³/mol. The van der Waals surface area contributed by atoms with E-state index in [2.05, 4.69) is 20.1 Å². The molecule has 2 N–H and O–H groups in total. The van der Waals surface area contributed by atoms with Crippen LogP contribution in [0.2, 0.25) is 0 Å². The smallest absolute Gasteiger partial charge is 0.351 e. The number of hydrogen-bond donors (Lipinski definition) is 2. The normalized spacial score (nSPS) is 23.6. The van der Waals surface area contributed by atoms with Crippen molar-refractivity contribution in [3.63, 3.8) is 0 Å². The Balaban J connectivity index is 1.07. The highest BCUT2D eigenvalue weighted by molar-refractivity contribution is 7.93. The van der Waals surface area contributed by atoms with Gasteiger partial charge in [0.25, 0.3) is 10.0 Å². The zero-order chi connectivity index (χ0) is 37.8. The van der Waals surface area contributed by atoms with E-state index in [-0.39, 0.29) is 46.3 Å². The summed E-state index contributed by atoms with van der Waals surface area (Å²) in [7, 11) is -8.25. The van der Waals surface area contributed by atoms with Gasteiger partial charge in [-0.2, -0.15) is 13.2 Å². The molecule has 2 saturated carbocycles. The molecule has 5 fully saturated rings. The van der Waals surface area contributed by atoms with Gasteiger partial charge < -0.3 is 10.2 Å². The van der Waals surface area contributed by atoms with Gasteiger partial charge in [-0.15, -0.1) is 0 Å². The first-order valence-corrected chi connectivity index (χ1v) is 21.7. The number of nitrogens with one attached hydrogen (secondary N) is 2. The summed E-state index contributed by atoms with van der Waals surface area (Å²) in [5.74, 6) is -2.12. The maximum absolute atomic E-state index is 16.6. The molecule has 0 radical (unpaired) electrons. The molecule has 2 unspecified atom stereocenters. The Morgan fingerprint density at radius 3 is 2.26 bits per heavy atom. The summed E-state index contributed by atoms with van der Waals surface area (Å²) < 4.78 is 125. The van der Waals surface area contributed by atoms with E-state index in [0.29, 0.717) is 52.7 Å². The SMILES string of the molecule is O=S1(=O)CC2(CC(Nc3nccc(-c4sc(N5C6CCC5CN(C5CC5)C6)nc4-c4cccc(NS(=O)(=O)c5c(F)cccc5C(F)(F)F)c4F)n3)C2)C1. The second-order valence-corrected chi connectivity index (χ2v) is 19.7. The fraction of sp³-hybridized carbons (Fsp3) is 0.457. The van der Waals surface area contributed by atoms with Crippen molar-refractivity contribution in [2.75, 3.05) is 39.5 Å². The van der Waals surface area contributed by atoms with Gasteiger partial charge in [0.15, 0.2) is 20.8 Å². The first-order valence-electron chi connectivity index (χ1n) is 17.6. The van der Waals surface area contributed by atoms with Crippen LogP contribution in [0.15, 0.2) is 53.6 Å². The second kappa shape index (κ2) is 12.5. The van der Waals surface area contributed by atoms with Gasteiger partial charge >= 0.3 is 6.18 Å². The molecule has 9 rings (SSSR count). The van der Waals surface area contributed by atoms with Crippen molar-refractivity contribution in [1.29, 1.82) is 0 Å². The first-order chi connectivity index (χ1) is 25.6. The molecular weight excluding hydrogens is 774 g/mol. The van der Waals surface area contributed by atoms with Gasteiger partial charge in [0.05, 0.1) is 39.0 Å². The van der Waals surface area contributed by atoms with Crippen molar-refractivity contribution in [2.45, 2.75) is 73.8 Å². The van der Waals surface area contributed by atoms with E-state index in [0.717, 1.165) is 38.1 Å². The van der Waals surface area contributed by atoms with Crippen molar-refractivity contribution in [1.82, 2.24) is 19.9 Å². The van der Waals surface area contributed by atoms with Crippen LogP contribution in [-0.4, -0.2) is 85.5 Å². The fourth-order valence-electron chi connectivity index (χ4n) is 8.71. The molecule has 2 aliphatic carbocycles. The summed E-state index contributed by atoms with van der Waals surface area (Å²) in [5, 5.41) is 3.92. The molecule has 2 bridgehead atoms. The highest BCUT2D eigenvalue weighted by atomic mass is 32.2. The van der Waals surface area contributed by atoms with Crippen LogP contribution in [0.4, 0.5) is 38.7 Å². The van der Waals surface area contributed by atoms with E-state index in [4.69, 9.17) is 9.97 Å². The molecular formula is C35H34F5N7O4S3. The molecule has 3 saturated heterocycles. The van der Waals surface area contributed by atoms with Crippen LogP contribution in [0.5, 0.6) is 0 Å². The van der Waals surface area contributed by atoms with Gasteiger partial charge in [0.2, 0.25) is 5.95 Å².